The van der Waals surface area contributed by atoms with Crippen LogP contribution in [0.15, 0.2) is 42.5 Å². The van der Waals surface area contributed by atoms with E-state index in [2.05, 4.69) is 10.6 Å². The molecule has 1 amide bonds. The summed E-state index contributed by atoms with van der Waals surface area (Å²) in [7, 11) is 1.57. The lowest BCUT2D eigenvalue weighted by atomic mass is 10.1. The van der Waals surface area contributed by atoms with Gasteiger partial charge in [-0.3, -0.25) is 20.2 Å². The Balaban J connectivity index is 1.69. The van der Waals surface area contributed by atoms with Gasteiger partial charge in [0.1, 0.15) is 11.4 Å². The van der Waals surface area contributed by atoms with Gasteiger partial charge in [-0.25, -0.2) is 0 Å². The summed E-state index contributed by atoms with van der Waals surface area (Å²) in [6, 6.07) is 11.5. The standard InChI is InChI=1S/C19H20N4O4S/c1-27-15-7-5-14(6-8-15)20-19(28)21-18(24)13-4-9-16(17(12-13)23(25)26)22-10-2-3-11-22/h4-9,12H,2-3,10-11H2,1H3,(H2,20,21,24,28). The van der Waals surface area contributed by atoms with Gasteiger partial charge in [0.25, 0.3) is 11.6 Å². The SMILES string of the molecule is COc1ccc(NC(=S)NC(=O)c2ccc(N3CCCC3)c([N+](=O)[O-])c2)cc1. The van der Waals surface area contributed by atoms with Crippen LogP contribution in [0.3, 0.4) is 0 Å². The summed E-state index contributed by atoms with van der Waals surface area (Å²) in [6.45, 7) is 1.56. The summed E-state index contributed by atoms with van der Waals surface area (Å²) in [5, 5.41) is 17.0. The largest absolute Gasteiger partial charge is 0.497 e. The van der Waals surface area contributed by atoms with Crippen molar-refractivity contribution in [2.24, 2.45) is 0 Å². The zero-order valence-electron chi connectivity index (χ0n) is 15.3. The fourth-order valence-corrected chi connectivity index (χ4v) is 3.26. The molecule has 0 aliphatic carbocycles. The number of hydrogen-bond donors (Lipinski definition) is 2. The number of nitro benzene ring substituents is 1. The van der Waals surface area contributed by atoms with Crippen molar-refractivity contribution in [2.75, 3.05) is 30.4 Å². The van der Waals surface area contributed by atoms with Crippen molar-refractivity contribution in [3.63, 3.8) is 0 Å². The zero-order chi connectivity index (χ0) is 20.1. The molecule has 2 N–H and O–H groups in total. The third kappa shape index (κ3) is 4.55. The van der Waals surface area contributed by atoms with E-state index in [1.807, 2.05) is 4.90 Å². The van der Waals surface area contributed by atoms with Gasteiger partial charge in [-0.15, -0.1) is 0 Å². The van der Waals surface area contributed by atoms with Crippen LogP contribution in [0.2, 0.25) is 0 Å². The van der Waals surface area contributed by atoms with Crippen molar-refractivity contribution in [3.05, 3.63) is 58.1 Å². The topological polar surface area (TPSA) is 96.7 Å². The van der Waals surface area contributed by atoms with Crippen LogP contribution in [-0.2, 0) is 0 Å². The van der Waals surface area contributed by atoms with Crippen LogP contribution in [0.1, 0.15) is 23.2 Å². The number of benzene rings is 2. The summed E-state index contributed by atoms with van der Waals surface area (Å²) in [6.07, 6.45) is 2.01. The molecule has 0 aromatic heterocycles. The van der Waals surface area contributed by atoms with Crippen molar-refractivity contribution in [2.45, 2.75) is 12.8 Å². The molecule has 3 rings (SSSR count). The normalized spacial score (nSPS) is 13.1. The van der Waals surface area contributed by atoms with Crippen LogP contribution in [0, 0.1) is 10.1 Å². The Hall–Kier alpha value is -3.20. The summed E-state index contributed by atoms with van der Waals surface area (Å²) >= 11 is 5.15. The highest BCUT2D eigenvalue weighted by Gasteiger charge is 2.24. The molecule has 0 saturated carbocycles. The summed E-state index contributed by atoms with van der Waals surface area (Å²) < 4.78 is 5.08. The molecule has 1 saturated heterocycles. The number of carbonyl (C=O) groups is 1. The van der Waals surface area contributed by atoms with Crippen LogP contribution in [-0.4, -0.2) is 36.1 Å². The molecule has 0 atom stereocenters. The smallest absolute Gasteiger partial charge is 0.293 e. The average molecular weight is 400 g/mol. The second-order valence-electron chi connectivity index (χ2n) is 6.29. The number of carbonyl (C=O) groups excluding carboxylic acids is 1. The van der Waals surface area contributed by atoms with Crippen molar-refractivity contribution in [1.82, 2.24) is 5.32 Å². The highest BCUT2D eigenvalue weighted by Crippen LogP contribution is 2.31. The van der Waals surface area contributed by atoms with Crippen molar-refractivity contribution >= 4 is 40.3 Å². The Kier molecular flexibility index (Phi) is 6.05. The summed E-state index contributed by atoms with van der Waals surface area (Å²) in [4.78, 5) is 25.4. The van der Waals surface area contributed by atoms with Crippen molar-refractivity contribution in [3.8, 4) is 5.75 Å². The molecule has 9 heteroatoms. The molecular formula is C19H20N4O4S. The molecule has 1 fully saturated rings. The molecule has 0 spiro atoms. The van der Waals surface area contributed by atoms with E-state index in [-0.39, 0.29) is 16.4 Å². The second-order valence-corrected chi connectivity index (χ2v) is 6.70. The minimum Gasteiger partial charge on any atom is -0.497 e. The van der Waals surface area contributed by atoms with Gasteiger partial charge in [0.2, 0.25) is 0 Å². The lowest BCUT2D eigenvalue weighted by Gasteiger charge is -2.18. The van der Waals surface area contributed by atoms with Crippen LogP contribution >= 0.6 is 12.2 Å². The molecule has 1 aliphatic heterocycles. The van der Waals surface area contributed by atoms with E-state index in [9.17, 15) is 14.9 Å². The molecule has 0 radical (unpaired) electrons. The maximum absolute atomic E-state index is 12.5. The third-order valence-corrected chi connectivity index (χ3v) is 4.66. The molecular weight excluding hydrogens is 380 g/mol. The molecule has 1 aliphatic rings. The number of hydrogen-bond acceptors (Lipinski definition) is 6. The first kappa shape index (κ1) is 19.6. The number of anilines is 2. The minimum atomic E-state index is -0.512. The van der Waals surface area contributed by atoms with E-state index in [1.54, 1.807) is 43.5 Å². The van der Waals surface area contributed by atoms with Gasteiger partial charge in [0, 0.05) is 30.4 Å². The lowest BCUT2D eigenvalue weighted by Crippen LogP contribution is -2.34. The number of rotatable bonds is 5. The molecule has 28 heavy (non-hydrogen) atoms. The quantitative estimate of drug-likeness (QED) is 0.451. The van der Waals surface area contributed by atoms with Gasteiger partial charge in [0.15, 0.2) is 5.11 Å². The second kappa shape index (κ2) is 8.66. The van der Waals surface area contributed by atoms with Crippen LogP contribution < -0.4 is 20.3 Å². The van der Waals surface area contributed by atoms with Gasteiger partial charge in [0.05, 0.1) is 12.0 Å². The highest BCUT2D eigenvalue weighted by atomic mass is 32.1. The van der Waals surface area contributed by atoms with Gasteiger partial charge in [-0.1, -0.05) is 0 Å². The number of nitrogens with one attached hydrogen (secondary N) is 2. The Labute approximate surface area is 167 Å². The first-order valence-corrected chi connectivity index (χ1v) is 9.18. The number of amides is 1. The van der Waals surface area contributed by atoms with E-state index in [4.69, 9.17) is 17.0 Å². The van der Waals surface area contributed by atoms with Gasteiger partial charge >= 0.3 is 0 Å². The van der Waals surface area contributed by atoms with E-state index in [1.165, 1.54) is 6.07 Å². The van der Waals surface area contributed by atoms with E-state index in [0.717, 1.165) is 25.9 Å². The number of ether oxygens (including phenoxy) is 1. The van der Waals surface area contributed by atoms with Crippen LogP contribution in [0.5, 0.6) is 5.75 Å². The van der Waals surface area contributed by atoms with E-state index >= 15 is 0 Å². The third-order valence-electron chi connectivity index (χ3n) is 4.46. The zero-order valence-corrected chi connectivity index (χ0v) is 16.1. The maximum atomic E-state index is 12.5. The van der Waals surface area contributed by atoms with Crippen LogP contribution in [0.4, 0.5) is 17.1 Å². The predicted molar refractivity (Wildman–Crippen MR) is 111 cm³/mol. The lowest BCUT2D eigenvalue weighted by molar-refractivity contribution is -0.384. The molecule has 2 aromatic rings. The molecule has 0 unspecified atom stereocenters. The number of nitrogens with zero attached hydrogens (tertiary/aromatic N) is 2. The molecule has 8 nitrogen and oxygen atoms in total. The summed E-state index contributed by atoms with van der Waals surface area (Å²) in [5.41, 5.74) is 1.32. The minimum absolute atomic E-state index is 0.0800. The fourth-order valence-electron chi connectivity index (χ4n) is 3.05. The first-order chi connectivity index (χ1) is 13.5. The van der Waals surface area contributed by atoms with Crippen molar-refractivity contribution < 1.29 is 14.5 Å². The molecule has 0 bridgehead atoms. The first-order valence-electron chi connectivity index (χ1n) is 8.77. The number of methoxy groups -OCH3 is 1. The predicted octanol–water partition coefficient (Wildman–Crippen LogP) is 3.33. The maximum Gasteiger partial charge on any atom is 0.293 e. The molecule has 2 aromatic carbocycles. The van der Waals surface area contributed by atoms with Crippen LogP contribution in [0.25, 0.3) is 0 Å². The summed E-state index contributed by atoms with van der Waals surface area (Å²) in [5.74, 6) is 0.188. The molecule has 146 valence electrons. The Morgan fingerprint density at radius 2 is 1.86 bits per heavy atom. The van der Waals surface area contributed by atoms with Crippen molar-refractivity contribution in [1.29, 1.82) is 0 Å². The highest BCUT2D eigenvalue weighted by molar-refractivity contribution is 7.80. The number of thiocarbonyl (C=S) groups is 1. The number of nitro groups is 1. The Morgan fingerprint density at radius 3 is 2.46 bits per heavy atom. The average Bonchev–Trinajstić information content (AvgIpc) is 3.22. The van der Waals surface area contributed by atoms with Gasteiger partial charge in [-0.2, -0.15) is 0 Å². The molecule has 1 heterocycles. The van der Waals surface area contributed by atoms with E-state index < -0.39 is 10.8 Å². The fraction of sp³-hybridized carbons (Fsp3) is 0.263. The Morgan fingerprint density at radius 1 is 1.18 bits per heavy atom. The van der Waals surface area contributed by atoms with Gasteiger partial charge in [-0.05, 0) is 61.5 Å². The van der Waals surface area contributed by atoms with E-state index in [0.29, 0.717) is 17.1 Å². The monoisotopic (exact) mass is 400 g/mol. The Bertz CT molecular complexity index is 895. The van der Waals surface area contributed by atoms with Gasteiger partial charge < -0.3 is 15.0 Å².